The molecule has 102 valence electrons. The number of nitrogens with one attached hydrogen (secondary N) is 1. The van der Waals surface area contributed by atoms with Crippen molar-refractivity contribution in [3.63, 3.8) is 0 Å². The Morgan fingerprint density at radius 1 is 1.00 bits per heavy atom. The summed E-state index contributed by atoms with van der Waals surface area (Å²) >= 11 is 3.24. The molecule has 0 fully saturated rings. The van der Waals surface area contributed by atoms with E-state index in [1.807, 2.05) is 48.5 Å². The van der Waals surface area contributed by atoms with Crippen LogP contribution in [0.15, 0.2) is 54.6 Å². The first kappa shape index (κ1) is 14.5. The van der Waals surface area contributed by atoms with Gasteiger partial charge in [-0.05, 0) is 30.2 Å². The molecule has 0 spiro atoms. The predicted octanol–water partition coefficient (Wildman–Crippen LogP) is 4.58. The van der Waals surface area contributed by atoms with Crippen molar-refractivity contribution in [2.24, 2.45) is 0 Å². The first-order valence-electron chi connectivity index (χ1n) is 6.43. The Hall–Kier alpha value is -1.87. The van der Waals surface area contributed by atoms with Gasteiger partial charge in [-0.2, -0.15) is 0 Å². The van der Waals surface area contributed by atoms with Crippen molar-refractivity contribution in [1.29, 1.82) is 0 Å². The summed E-state index contributed by atoms with van der Waals surface area (Å²) in [4.78, 5) is 11.3. The molecule has 0 bridgehead atoms. The van der Waals surface area contributed by atoms with Gasteiger partial charge in [0.15, 0.2) is 0 Å². The maximum Gasteiger partial charge on any atom is 0.237 e. The molecule has 2 nitrogen and oxygen atoms in total. The Labute approximate surface area is 127 Å². The molecule has 0 radical (unpaired) electrons. The third kappa shape index (κ3) is 4.35. The lowest BCUT2D eigenvalue weighted by atomic mass is 10.1. The number of carbonyl (C=O) groups is 1. The van der Waals surface area contributed by atoms with Crippen LogP contribution < -0.4 is 5.32 Å². The average molecular weight is 330 g/mol. The zero-order chi connectivity index (χ0) is 14.4. The van der Waals surface area contributed by atoms with Crippen LogP contribution in [0, 0.1) is 0 Å². The van der Waals surface area contributed by atoms with Crippen LogP contribution in [0.5, 0.6) is 0 Å². The van der Waals surface area contributed by atoms with E-state index in [-0.39, 0.29) is 10.7 Å². The number of hydrogen-bond acceptors (Lipinski definition) is 1. The number of benzene rings is 2. The SMILES string of the molecule is CC(Br)C(=O)Nc1ccc(C=Cc2ccccc2)cc1. The highest BCUT2D eigenvalue weighted by Gasteiger charge is 2.07. The summed E-state index contributed by atoms with van der Waals surface area (Å²) in [5.74, 6) is -0.0439. The van der Waals surface area contributed by atoms with E-state index in [1.165, 1.54) is 0 Å². The van der Waals surface area contributed by atoms with Crippen LogP contribution >= 0.6 is 15.9 Å². The molecule has 2 aromatic rings. The highest BCUT2D eigenvalue weighted by molar-refractivity contribution is 9.10. The van der Waals surface area contributed by atoms with Crippen molar-refractivity contribution in [2.75, 3.05) is 5.32 Å². The fourth-order valence-electron chi connectivity index (χ4n) is 1.68. The topological polar surface area (TPSA) is 29.1 Å². The second-order valence-electron chi connectivity index (χ2n) is 4.47. The molecule has 0 saturated heterocycles. The first-order valence-corrected chi connectivity index (χ1v) is 7.35. The summed E-state index contributed by atoms with van der Waals surface area (Å²) in [6, 6.07) is 17.9. The van der Waals surface area contributed by atoms with Crippen LogP contribution in [-0.4, -0.2) is 10.7 Å². The number of alkyl halides is 1. The van der Waals surface area contributed by atoms with Gasteiger partial charge in [0.2, 0.25) is 5.91 Å². The fourth-order valence-corrected chi connectivity index (χ4v) is 1.79. The van der Waals surface area contributed by atoms with Gasteiger partial charge in [-0.3, -0.25) is 4.79 Å². The summed E-state index contributed by atoms with van der Waals surface area (Å²) in [6.45, 7) is 1.80. The molecule has 0 aliphatic carbocycles. The van der Waals surface area contributed by atoms with Gasteiger partial charge >= 0.3 is 0 Å². The standard InChI is InChI=1S/C17H16BrNO/c1-13(18)17(20)19-16-11-9-15(10-12-16)8-7-14-5-3-2-4-6-14/h2-13H,1H3,(H,19,20). The van der Waals surface area contributed by atoms with Crippen LogP contribution in [0.3, 0.4) is 0 Å². The number of rotatable bonds is 4. The Bertz CT molecular complexity index is 588. The molecule has 1 N–H and O–H groups in total. The van der Waals surface area contributed by atoms with Gasteiger partial charge in [0, 0.05) is 5.69 Å². The van der Waals surface area contributed by atoms with Crippen molar-refractivity contribution in [2.45, 2.75) is 11.8 Å². The van der Waals surface area contributed by atoms with E-state index in [9.17, 15) is 4.79 Å². The van der Waals surface area contributed by atoms with Crippen LogP contribution in [0.25, 0.3) is 12.2 Å². The quantitative estimate of drug-likeness (QED) is 0.645. The molecule has 1 amide bonds. The predicted molar refractivity (Wildman–Crippen MR) is 88.8 cm³/mol. The molecule has 2 rings (SSSR count). The lowest BCUT2D eigenvalue weighted by Crippen LogP contribution is -2.19. The van der Waals surface area contributed by atoms with Crippen LogP contribution in [0.2, 0.25) is 0 Å². The van der Waals surface area contributed by atoms with Crippen molar-refractivity contribution < 1.29 is 4.79 Å². The van der Waals surface area contributed by atoms with E-state index in [4.69, 9.17) is 0 Å². The Morgan fingerprint density at radius 2 is 1.55 bits per heavy atom. The zero-order valence-corrected chi connectivity index (χ0v) is 12.8. The summed E-state index contributed by atoms with van der Waals surface area (Å²) in [7, 11) is 0. The zero-order valence-electron chi connectivity index (χ0n) is 11.2. The van der Waals surface area contributed by atoms with Crippen molar-refractivity contribution >= 4 is 39.7 Å². The molecule has 1 atom stereocenters. The van der Waals surface area contributed by atoms with Gasteiger partial charge in [-0.15, -0.1) is 0 Å². The van der Waals surface area contributed by atoms with E-state index >= 15 is 0 Å². The molecular formula is C17H16BrNO. The minimum absolute atomic E-state index is 0.0439. The van der Waals surface area contributed by atoms with E-state index in [2.05, 4.69) is 39.5 Å². The fraction of sp³-hybridized carbons (Fsp3) is 0.118. The molecule has 0 aromatic heterocycles. The van der Waals surface area contributed by atoms with E-state index in [1.54, 1.807) is 6.92 Å². The monoisotopic (exact) mass is 329 g/mol. The second kappa shape index (κ2) is 7.06. The Kier molecular flexibility index (Phi) is 5.13. The third-order valence-electron chi connectivity index (χ3n) is 2.81. The van der Waals surface area contributed by atoms with Gasteiger partial charge in [0.1, 0.15) is 0 Å². The van der Waals surface area contributed by atoms with E-state index in [0.29, 0.717) is 0 Å². The molecule has 3 heteroatoms. The summed E-state index contributed by atoms with van der Waals surface area (Å²) in [5, 5.41) is 2.83. The normalized spacial score (nSPS) is 12.3. The smallest absolute Gasteiger partial charge is 0.237 e. The molecule has 0 aliphatic rings. The third-order valence-corrected chi connectivity index (χ3v) is 3.22. The van der Waals surface area contributed by atoms with E-state index < -0.39 is 0 Å². The highest BCUT2D eigenvalue weighted by Crippen LogP contribution is 2.13. The molecule has 0 aliphatic heterocycles. The lowest BCUT2D eigenvalue weighted by Gasteiger charge is -2.06. The summed E-state index contributed by atoms with van der Waals surface area (Å²) in [6.07, 6.45) is 4.11. The van der Waals surface area contributed by atoms with Gasteiger partial charge in [-0.25, -0.2) is 0 Å². The second-order valence-corrected chi connectivity index (χ2v) is 5.84. The number of carbonyl (C=O) groups excluding carboxylic acids is 1. The summed E-state index contributed by atoms with van der Waals surface area (Å²) < 4.78 is 0. The summed E-state index contributed by atoms with van der Waals surface area (Å²) in [5.41, 5.74) is 3.06. The Balaban J connectivity index is 2.02. The van der Waals surface area contributed by atoms with Gasteiger partial charge < -0.3 is 5.32 Å². The highest BCUT2D eigenvalue weighted by atomic mass is 79.9. The van der Waals surface area contributed by atoms with Crippen molar-refractivity contribution in [3.05, 3.63) is 65.7 Å². The molecule has 1 unspecified atom stereocenters. The first-order chi connectivity index (χ1) is 9.65. The van der Waals surface area contributed by atoms with Crippen LogP contribution in [-0.2, 0) is 4.79 Å². The molecule has 2 aromatic carbocycles. The van der Waals surface area contributed by atoms with Crippen molar-refractivity contribution in [1.82, 2.24) is 0 Å². The van der Waals surface area contributed by atoms with Gasteiger partial charge in [0.05, 0.1) is 4.83 Å². The molecule has 20 heavy (non-hydrogen) atoms. The minimum Gasteiger partial charge on any atom is -0.325 e. The molecule has 0 heterocycles. The maximum atomic E-state index is 11.5. The average Bonchev–Trinajstić information content (AvgIpc) is 2.47. The molecule has 0 saturated carbocycles. The van der Waals surface area contributed by atoms with E-state index in [0.717, 1.165) is 16.8 Å². The largest absolute Gasteiger partial charge is 0.325 e. The Morgan fingerprint density at radius 3 is 2.10 bits per heavy atom. The number of amides is 1. The maximum absolute atomic E-state index is 11.5. The number of hydrogen-bond donors (Lipinski definition) is 1. The lowest BCUT2D eigenvalue weighted by molar-refractivity contribution is -0.115. The number of halogens is 1. The minimum atomic E-state index is -0.194. The number of anilines is 1. The van der Waals surface area contributed by atoms with Crippen LogP contribution in [0.1, 0.15) is 18.1 Å². The van der Waals surface area contributed by atoms with Crippen molar-refractivity contribution in [3.8, 4) is 0 Å². The van der Waals surface area contributed by atoms with Gasteiger partial charge in [-0.1, -0.05) is 70.5 Å². The van der Waals surface area contributed by atoms with Crippen LogP contribution in [0.4, 0.5) is 5.69 Å². The molecular weight excluding hydrogens is 314 g/mol. The van der Waals surface area contributed by atoms with Gasteiger partial charge in [0.25, 0.3) is 0 Å².